The molecule has 1 saturated heterocycles. The van der Waals surface area contributed by atoms with Gasteiger partial charge in [-0.3, -0.25) is 9.69 Å². The van der Waals surface area contributed by atoms with Gasteiger partial charge in [0.1, 0.15) is 6.10 Å². The third-order valence-electron chi connectivity index (χ3n) is 10.3. The monoisotopic (exact) mass is 634 g/mol. The largest absolute Gasteiger partial charge is 0.504 e. The molecule has 2 aliphatic carbocycles. The van der Waals surface area contributed by atoms with Crippen molar-refractivity contribution in [1.82, 2.24) is 9.80 Å². The molecule has 214 valence electrons. The van der Waals surface area contributed by atoms with Crippen molar-refractivity contribution in [2.45, 2.75) is 61.8 Å². The van der Waals surface area contributed by atoms with E-state index in [4.69, 9.17) is 4.74 Å². The Labute approximate surface area is 253 Å². The number of halogens is 1. The number of likely N-dealkylation sites (N-methyl/N-ethyl adjacent to an activating group) is 1. The van der Waals surface area contributed by atoms with Crippen LogP contribution in [0.1, 0.15) is 41.3 Å². The quantitative estimate of drug-likeness (QED) is 0.355. The minimum Gasteiger partial charge on any atom is -0.504 e. The van der Waals surface area contributed by atoms with Crippen molar-refractivity contribution in [3.63, 3.8) is 0 Å². The second kappa shape index (κ2) is 9.97. The molecular formula is C33H35BrN2O4S. The highest BCUT2D eigenvalue weighted by Crippen LogP contribution is 2.67. The number of carbonyl (C=O) groups is 1. The van der Waals surface area contributed by atoms with Gasteiger partial charge in [-0.15, -0.1) is 11.3 Å². The first-order valence-electron chi connectivity index (χ1n) is 14.4. The summed E-state index contributed by atoms with van der Waals surface area (Å²) in [5.74, 6) is 0.445. The van der Waals surface area contributed by atoms with Crippen LogP contribution in [0.4, 0.5) is 0 Å². The van der Waals surface area contributed by atoms with Crippen molar-refractivity contribution >= 4 is 39.2 Å². The van der Waals surface area contributed by atoms with Gasteiger partial charge in [0, 0.05) is 46.0 Å². The molecule has 8 heteroatoms. The zero-order chi connectivity index (χ0) is 28.5. The first-order valence-corrected chi connectivity index (χ1v) is 16.1. The van der Waals surface area contributed by atoms with Gasteiger partial charge >= 0.3 is 0 Å². The van der Waals surface area contributed by atoms with Crippen LogP contribution in [0.15, 0.2) is 64.5 Å². The number of nitrogens with zero attached hydrogens (tertiary/aromatic N) is 2. The Morgan fingerprint density at radius 3 is 2.83 bits per heavy atom. The third kappa shape index (κ3) is 3.98. The Hall–Kier alpha value is -2.65. The molecule has 2 N–H and O–H groups in total. The summed E-state index contributed by atoms with van der Waals surface area (Å²) in [7, 11) is 1.85. The highest BCUT2D eigenvalue weighted by molar-refractivity contribution is 9.10. The molecule has 6 atom stereocenters. The molecule has 41 heavy (non-hydrogen) atoms. The minimum absolute atomic E-state index is 0.0665. The van der Waals surface area contributed by atoms with Gasteiger partial charge in [0.05, 0.1) is 17.1 Å². The van der Waals surface area contributed by atoms with E-state index in [1.54, 1.807) is 28.4 Å². The molecular weight excluding hydrogens is 600 g/mol. The van der Waals surface area contributed by atoms with Gasteiger partial charge in [-0.1, -0.05) is 43.3 Å². The molecule has 4 aliphatic rings. The van der Waals surface area contributed by atoms with Crippen LogP contribution in [0, 0.1) is 5.92 Å². The Morgan fingerprint density at radius 2 is 2.07 bits per heavy atom. The summed E-state index contributed by atoms with van der Waals surface area (Å²) in [6.45, 7) is 3.84. The minimum atomic E-state index is -1.04. The Morgan fingerprint density at radius 1 is 1.27 bits per heavy atom. The van der Waals surface area contributed by atoms with Crippen molar-refractivity contribution in [2.75, 3.05) is 20.1 Å². The highest BCUT2D eigenvalue weighted by Gasteiger charge is 2.75. The lowest BCUT2D eigenvalue weighted by atomic mass is 9.45. The van der Waals surface area contributed by atoms with Crippen LogP contribution < -0.4 is 4.74 Å². The van der Waals surface area contributed by atoms with Gasteiger partial charge in [-0.25, -0.2) is 0 Å². The summed E-state index contributed by atoms with van der Waals surface area (Å²) in [6.07, 6.45) is 6.02. The number of phenolic OH excluding ortho intramolecular Hbond substituents is 1. The Bertz CT molecular complexity index is 1520. The molecule has 1 saturated carbocycles. The van der Waals surface area contributed by atoms with E-state index in [-0.39, 0.29) is 29.7 Å². The lowest BCUT2D eigenvalue weighted by molar-refractivity contribution is -0.224. The van der Waals surface area contributed by atoms with E-state index < -0.39 is 17.1 Å². The Kier molecular flexibility index (Phi) is 6.62. The molecule has 0 radical (unpaired) electrons. The molecule has 6 nitrogen and oxygen atoms in total. The van der Waals surface area contributed by atoms with Gasteiger partial charge in [0.2, 0.25) is 5.91 Å². The average Bonchev–Trinajstić information content (AvgIpc) is 3.55. The van der Waals surface area contributed by atoms with Crippen LogP contribution in [-0.2, 0) is 23.1 Å². The fraction of sp³-hybridized carbons (Fsp3) is 0.424. The number of phenols is 1. The highest BCUT2D eigenvalue weighted by atomic mass is 79.9. The summed E-state index contributed by atoms with van der Waals surface area (Å²) >= 11 is 5.05. The van der Waals surface area contributed by atoms with E-state index in [9.17, 15) is 15.0 Å². The molecule has 3 heterocycles. The molecule has 2 aliphatic heterocycles. The molecule has 2 fully saturated rings. The van der Waals surface area contributed by atoms with E-state index in [2.05, 4.69) is 52.0 Å². The number of carbonyl (C=O) groups excluding carboxylic acids is 1. The van der Waals surface area contributed by atoms with Crippen LogP contribution in [-0.4, -0.2) is 69.8 Å². The number of aromatic hydroxyl groups is 1. The topological polar surface area (TPSA) is 73.2 Å². The van der Waals surface area contributed by atoms with Gasteiger partial charge in [0.15, 0.2) is 11.5 Å². The van der Waals surface area contributed by atoms with Crippen LogP contribution in [0.25, 0.3) is 6.08 Å². The zero-order valence-corrected chi connectivity index (χ0v) is 25.7. The number of hydrogen-bond donors (Lipinski definition) is 2. The van der Waals surface area contributed by atoms with E-state index in [0.29, 0.717) is 25.0 Å². The first kappa shape index (κ1) is 27.2. The van der Waals surface area contributed by atoms with E-state index >= 15 is 0 Å². The second-order valence-corrected chi connectivity index (χ2v) is 14.0. The molecule has 2 bridgehead atoms. The number of benzene rings is 2. The fourth-order valence-electron chi connectivity index (χ4n) is 8.44. The van der Waals surface area contributed by atoms with Crippen molar-refractivity contribution in [2.24, 2.45) is 5.92 Å². The number of ether oxygens (including phenoxy) is 1. The number of amides is 1. The van der Waals surface area contributed by atoms with Crippen LogP contribution >= 0.6 is 27.3 Å². The fourth-order valence-corrected chi connectivity index (χ4v) is 9.77. The van der Waals surface area contributed by atoms with Gasteiger partial charge < -0.3 is 19.8 Å². The summed E-state index contributed by atoms with van der Waals surface area (Å²) in [5.41, 5.74) is 1.68. The summed E-state index contributed by atoms with van der Waals surface area (Å²) in [5, 5.41) is 26.0. The number of rotatable bonds is 6. The molecule has 1 aromatic heterocycles. The predicted octanol–water partition coefficient (Wildman–Crippen LogP) is 5.40. The first-order chi connectivity index (χ1) is 19.7. The van der Waals surface area contributed by atoms with Gasteiger partial charge in [-0.2, -0.15) is 0 Å². The number of thiophene rings is 1. The number of piperidine rings is 1. The molecule has 7 rings (SSSR count). The van der Waals surface area contributed by atoms with E-state index in [1.165, 1.54) is 5.56 Å². The van der Waals surface area contributed by atoms with Crippen molar-refractivity contribution in [3.05, 3.63) is 86.0 Å². The number of hydrogen-bond acceptors (Lipinski definition) is 6. The maximum atomic E-state index is 13.5. The summed E-state index contributed by atoms with van der Waals surface area (Å²) in [6, 6.07) is 16.0. The maximum Gasteiger partial charge on any atom is 0.246 e. The zero-order valence-electron chi connectivity index (χ0n) is 23.3. The second-order valence-electron chi connectivity index (χ2n) is 12.2. The molecule has 3 aromatic rings. The normalized spacial score (nSPS) is 31.6. The summed E-state index contributed by atoms with van der Waals surface area (Å²) < 4.78 is 7.68. The number of likely N-dealkylation sites (tertiary alicyclic amines) is 1. The average molecular weight is 636 g/mol. The third-order valence-corrected chi connectivity index (χ3v) is 12.0. The SMILES string of the molecule is C[C@H]1C[C@H](N(C)C(=O)/C=C/c2cc(Br)cs2)[C@H]2Oc3c(O)ccc4c3[C@@]23CCN(CCc2ccccc2)[C@H](C4)[C@]13O. The van der Waals surface area contributed by atoms with Crippen LogP contribution in [0.5, 0.6) is 11.5 Å². The maximum absolute atomic E-state index is 13.5. The lowest BCUT2D eigenvalue weighted by Gasteiger charge is -2.66. The van der Waals surface area contributed by atoms with Crippen molar-refractivity contribution in [3.8, 4) is 11.5 Å². The van der Waals surface area contributed by atoms with Gasteiger partial charge in [0.25, 0.3) is 0 Å². The van der Waals surface area contributed by atoms with Crippen LogP contribution in [0.3, 0.4) is 0 Å². The van der Waals surface area contributed by atoms with E-state index in [1.807, 2.05) is 36.7 Å². The van der Waals surface area contributed by atoms with Crippen molar-refractivity contribution < 1.29 is 19.7 Å². The van der Waals surface area contributed by atoms with Crippen molar-refractivity contribution in [1.29, 1.82) is 0 Å². The lowest BCUT2D eigenvalue weighted by Crippen LogP contribution is -2.80. The summed E-state index contributed by atoms with van der Waals surface area (Å²) in [4.78, 5) is 18.8. The Balaban J connectivity index is 1.25. The standard InChI is InChI=1S/C33H35BrN2O4S/c1-20-16-25(35(2)28(38)11-9-24-18-23(34)19-41-24)31-32-13-15-36(14-12-21-6-4-3-5-7-21)27(33(20,32)39)17-22-8-10-26(37)30(40-31)29(22)32/h3-11,18-20,25,27,31,37,39H,12-17H2,1-2H3/b11-9+/t20-,25-,27+,31+,32-,33+/m0/s1. The van der Waals surface area contributed by atoms with E-state index in [0.717, 1.165) is 40.0 Å². The smallest absolute Gasteiger partial charge is 0.246 e. The van der Waals surface area contributed by atoms with Crippen LogP contribution in [0.2, 0.25) is 0 Å². The molecule has 1 spiro atoms. The molecule has 0 unspecified atom stereocenters. The number of aliphatic hydroxyl groups is 1. The molecule has 2 aromatic carbocycles. The predicted molar refractivity (Wildman–Crippen MR) is 164 cm³/mol. The molecule has 1 amide bonds. The van der Waals surface area contributed by atoms with Gasteiger partial charge in [-0.05, 0) is 83.4 Å².